The molecule has 88 valence electrons. The number of hydrogen-bond acceptors (Lipinski definition) is 3. The number of carbonyl (C=O) groups excluding carboxylic acids is 1. The Morgan fingerprint density at radius 3 is 2.56 bits per heavy atom. The molecule has 0 fully saturated rings. The number of benzene rings is 1. The molecule has 0 aliphatic heterocycles. The van der Waals surface area contributed by atoms with Gasteiger partial charge in [0.2, 0.25) is 0 Å². The van der Waals surface area contributed by atoms with Crippen molar-refractivity contribution in [3.8, 4) is 0 Å². The van der Waals surface area contributed by atoms with Crippen LogP contribution in [-0.4, -0.2) is 18.1 Å². The van der Waals surface area contributed by atoms with Crippen molar-refractivity contribution in [1.82, 2.24) is 0 Å². The van der Waals surface area contributed by atoms with Gasteiger partial charge in [-0.1, -0.05) is 12.1 Å². The van der Waals surface area contributed by atoms with Crippen LogP contribution in [-0.2, 0) is 9.53 Å². The van der Waals surface area contributed by atoms with E-state index in [0.29, 0.717) is 5.69 Å². The van der Waals surface area contributed by atoms with Crippen LogP contribution in [0.25, 0.3) is 0 Å². The average molecular weight is 225 g/mol. The number of carbonyl (C=O) groups is 1. The third kappa shape index (κ3) is 4.29. The van der Waals surface area contributed by atoms with Gasteiger partial charge in [-0.3, -0.25) is 4.79 Å². The number of hydrogen-bond donors (Lipinski definition) is 1. The van der Waals surface area contributed by atoms with Crippen molar-refractivity contribution in [1.29, 1.82) is 0 Å². The number of rotatable bonds is 3. The lowest BCUT2D eigenvalue weighted by atomic mass is 10.2. The van der Waals surface area contributed by atoms with E-state index in [0.717, 1.165) is 0 Å². The fourth-order valence-corrected chi connectivity index (χ4v) is 1.15. The van der Waals surface area contributed by atoms with Gasteiger partial charge in [0, 0.05) is 0 Å². The summed E-state index contributed by atoms with van der Waals surface area (Å²) in [7, 11) is 0. The molecule has 0 radical (unpaired) electrons. The van der Waals surface area contributed by atoms with Crippen LogP contribution in [0, 0.1) is 5.82 Å². The number of esters is 1. The molecular formula is C12H16FNO2. The monoisotopic (exact) mass is 225 g/mol. The van der Waals surface area contributed by atoms with Gasteiger partial charge in [0.15, 0.2) is 0 Å². The van der Waals surface area contributed by atoms with Crippen LogP contribution in [0.15, 0.2) is 24.3 Å². The Hall–Kier alpha value is -1.58. The second-order valence-electron chi connectivity index (χ2n) is 4.42. The summed E-state index contributed by atoms with van der Waals surface area (Å²) in [6.07, 6.45) is 0. The van der Waals surface area contributed by atoms with Gasteiger partial charge in [0.1, 0.15) is 18.0 Å². The van der Waals surface area contributed by atoms with Crippen molar-refractivity contribution in [2.24, 2.45) is 0 Å². The molecule has 0 unspecified atom stereocenters. The summed E-state index contributed by atoms with van der Waals surface area (Å²) in [5, 5.41) is 2.69. The minimum Gasteiger partial charge on any atom is -0.459 e. The van der Waals surface area contributed by atoms with Gasteiger partial charge in [-0.2, -0.15) is 0 Å². The number of halogens is 1. The second-order valence-corrected chi connectivity index (χ2v) is 4.42. The predicted octanol–water partition coefficient (Wildman–Crippen LogP) is 2.58. The number of anilines is 1. The van der Waals surface area contributed by atoms with Crippen LogP contribution in [0.3, 0.4) is 0 Å². The highest BCUT2D eigenvalue weighted by Crippen LogP contribution is 2.12. The molecule has 4 heteroatoms. The van der Waals surface area contributed by atoms with Crippen LogP contribution in [0.5, 0.6) is 0 Å². The fourth-order valence-electron chi connectivity index (χ4n) is 1.15. The standard InChI is InChI=1S/C12H16FNO2/c1-12(2,3)16-11(15)8-14-10-7-5-4-6-9(10)13/h4-7,14H,8H2,1-3H3. The summed E-state index contributed by atoms with van der Waals surface area (Å²) in [5.41, 5.74) is -0.220. The van der Waals surface area contributed by atoms with Crippen molar-refractivity contribution in [3.05, 3.63) is 30.1 Å². The summed E-state index contributed by atoms with van der Waals surface area (Å²) in [4.78, 5) is 11.3. The van der Waals surface area contributed by atoms with E-state index in [2.05, 4.69) is 5.32 Å². The van der Waals surface area contributed by atoms with Gasteiger partial charge in [-0.25, -0.2) is 4.39 Å². The van der Waals surface area contributed by atoms with Crippen molar-refractivity contribution in [2.45, 2.75) is 26.4 Å². The first-order valence-corrected chi connectivity index (χ1v) is 5.09. The SMILES string of the molecule is CC(C)(C)OC(=O)CNc1ccccc1F. The molecule has 0 saturated carbocycles. The van der Waals surface area contributed by atoms with Crippen molar-refractivity contribution >= 4 is 11.7 Å². The Balaban J connectivity index is 2.47. The van der Waals surface area contributed by atoms with Crippen LogP contribution in [0.1, 0.15) is 20.8 Å². The molecule has 0 saturated heterocycles. The molecule has 3 nitrogen and oxygen atoms in total. The largest absolute Gasteiger partial charge is 0.459 e. The maximum atomic E-state index is 13.2. The lowest BCUT2D eigenvalue weighted by molar-refractivity contribution is -0.152. The second kappa shape index (κ2) is 4.96. The average Bonchev–Trinajstić information content (AvgIpc) is 2.14. The maximum Gasteiger partial charge on any atom is 0.325 e. The number of para-hydroxylation sites is 1. The van der Waals surface area contributed by atoms with E-state index < -0.39 is 11.6 Å². The lowest BCUT2D eigenvalue weighted by Gasteiger charge is -2.19. The summed E-state index contributed by atoms with van der Waals surface area (Å²) in [6, 6.07) is 6.19. The first kappa shape index (κ1) is 12.5. The van der Waals surface area contributed by atoms with Crippen LogP contribution >= 0.6 is 0 Å². The third-order valence-corrected chi connectivity index (χ3v) is 1.72. The zero-order chi connectivity index (χ0) is 12.2. The van der Waals surface area contributed by atoms with Gasteiger partial charge < -0.3 is 10.1 Å². The molecule has 0 aromatic heterocycles. The number of nitrogens with one attached hydrogen (secondary N) is 1. The smallest absolute Gasteiger partial charge is 0.325 e. The molecule has 1 aromatic carbocycles. The van der Waals surface area contributed by atoms with Crippen molar-refractivity contribution in [2.75, 3.05) is 11.9 Å². The Bertz CT molecular complexity index is 372. The van der Waals surface area contributed by atoms with Crippen LogP contribution < -0.4 is 5.32 Å². The van der Waals surface area contributed by atoms with Gasteiger partial charge >= 0.3 is 5.97 Å². The van der Waals surface area contributed by atoms with Gasteiger partial charge in [-0.05, 0) is 32.9 Å². The summed E-state index contributed by atoms with van der Waals surface area (Å²) < 4.78 is 18.2. The molecule has 0 aliphatic carbocycles. The molecule has 0 atom stereocenters. The van der Waals surface area contributed by atoms with E-state index >= 15 is 0 Å². The minimum absolute atomic E-state index is 0.0434. The first-order chi connectivity index (χ1) is 7.38. The maximum absolute atomic E-state index is 13.2. The Morgan fingerprint density at radius 1 is 1.38 bits per heavy atom. The molecule has 0 spiro atoms. The highest BCUT2D eigenvalue weighted by molar-refractivity contribution is 5.75. The third-order valence-electron chi connectivity index (χ3n) is 1.72. The Labute approximate surface area is 94.6 Å². The summed E-state index contributed by atoms with van der Waals surface area (Å²) in [6.45, 7) is 5.31. The number of ether oxygens (including phenoxy) is 1. The lowest BCUT2D eigenvalue weighted by Crippen LogP contribution is -2.28. The summed E-state index contributed by atoms with van der Waals surface area (Å²) in [5.74, 6) is -0.790. The Morgan fingerprint density at radius 2 is 2.00 bits per heavy atom. The summed E-state index contributed by atoms with van der Waals surface area (Å²) >= 11 is 0. The minimum atomic E-state index is -0.520. The molecule has 1 rings (SSSR count). The highest BCUT2D eigenvalue weighted by Gasteiger charge is 2.16. The quantitative estimate of drug-likeness (QED) is 0.803. The van der Waals surface area contributed by atoms with E-state index in [9.17, 15) is 9.18 Å². The molecule has 0 amide bonds. The van der Waals surface area contributed by atoms with Crippen molar-refractivity contribution in [3.63, 3.8) is 0 Å². The molecule has 1 aromatic rings. The normalized spacial score (nSPS) is 11.0. The first-order valence-electron chi connectivity index (χ1n) is 5.09. The van der Waals surface area contributed by atoms with Gasteiger partial charge in [0.25, 0.3) is 0 Å². The van der Waals surface area contributed by atoms with Crippen LogP contribution in [0.2, 0.25) is 0 Å². The zero-order valence-electron chi connectivity index (χ0n) is 9.71. The van der Waals surface area contributed by atoms with E-state index in [1.165, 1.54) is 6.07 Å². The van der Waals surface area contributed by atoms with Gasteiger partial charge in [0.05, 0.1) is 5.69 Å². The van der Waals surface area contributed by atoms with E-state index in [4.69, 9.17) is 4.74 Å². The van der Waals surface area contributed by atoms with E-state index in [1.807, 2.05) is 0 Å². The molecule has 0 heterocycles. The Kier molecular flexibility index (Phi) is 3.88. The fraction of sp³-hybridized carbons (Fsp3) is 0.417. The molecular weight excluding hydrogens is 209 g/mol. The molecule has 16 heavy (non-hydrogen) atoms. The predicted molar refractivity (Wildman–Crippen MR) is 60.7 cm³/mol. The van der Waals surface area contributed by atoms with Crippen molar-refractivity contribution < 1.29 is 13.9 Å². The van der Waals surface area contributed by atoms with E-state index in [1.54, 1.807) is 39.0 Å². The zero-order valence-corrected chi connectivity index (χ0v) is 9.71. The highest BCUT2D eigenvalue weighted by atomic mass is 19.1. The van der Waals surface area contributed by atoms with E-state index in [-0.39, 0.29) is 12.4 Å². The topological polar surface area (TPSA) is 38.3 Å². The molecule has 1 N–H and O–H groups in total. The molecule has 0 aliphatic rings. The molecule has 0 bridgehead atoms. The van der Waals surface area contributed by atoms with Gasteiger partial charge in [-0.15, -0.1) is 0 Å². The van der Waals surface area contributed by atoms with Crippen LogP contribution in [0.4, 0.5) is 10.1 Å².